The average Bonchev–Trinajstić information content (AvgIpc) is 2.74. The third-order valence-corrected chi connectivity index (χ3v) is 4.62. The van der Waals surface area contributed by atoms with Crippen LogP contribution in [0.15, 0.2) is 24.3 Å². The number of rotatable bonds is 9. The van der Waals surface area contributed by atoms with Crippen molar-refractivity contribution in [2.45, 2.75) is 42.7 Å². The minimum absolute atomic E-state index is 0.186. The van der Waals surface area contributed by atoms with Gasteiger partial charge in [0.2, 0.25) is 5.91 Å². The highest BCUT2D eigenvalue weighted by Gasteiger charge is 2.56. The summed E-state index contributed by atoms with van der Waals surface area (Å²) in [6.45, 7) is -1.95. The van der Waals surface area contributed by atoms with Gasteiger partial charge in [0.25, 0.3) is 5.69 Å². The van der Waals surface area contributed by atoms with Crippen LogP contribution >= 0.6 is 0 Å². The number of aliphatic carboxylic acids is 1. The molecule has 6 unspecified atom stereocenters. The maximum atomic E-state index is 12.0. The van der Waals surface area contributed by atoms with E-state index in [4.69, 9.17) is 19.7 Å². The molecule has 0 radical (unpaired) electrons. The topological polar surface area (TPSA) is 229 Å². The number of benzene rings is 1. The highest BCUT2D eigenvalue weighted by Crippen LogP contribution is 2.35. The van der Waals surface area contributed by atoms with Crippen molar-refractivity contribution in [3.8, 4) is 5.75 Å². The van der Waals surface area contributed by atoms with Crippen molar-refractivity contribution < 1.29 is 54.6 Å². The molecule has 0 spiro atoms. The highest BCUT2D eigenvalue weighted by atomic mass is 16.7. The SMILES string of the molecule is O=C(CO)NC1C(O)CC(Oc2ccc([N+](=O)[O-])cc2)(C(=O)O)OC1C(O)C(O)CO. The van der Waals surface area contributed by atoms with Crippen LogP contribution in [0, 0.1) is 10.1 Å². The first-order valence-electron chi connectivity index (χ1n) is 8.94. The number of nitrogens with one attached hydrogen (secondary N) is 1. The number of aliphatic hydroxyl groups is 5. The molecule has 6 atom stereocenters. The van der Waals surface area contributed by atoms with E-state index in [1.54, 1.807) is 0 Å². The molecule has 1 aliphatic heterocycles. The summed E-state index contributed by atoms with van der Waals surface area (Å²) >= 11 is 0. The number of carboxylic acid groups (broad SMARTS) is 1. The van der Waals surface area contributed by atoms with Gasteiger partial charge in [-0.25, -0.2) is 4.79 Å². The number of nitro benzene ring substituents is 1. The zero-order valence-electron chi connectivity index (χ0n) is 15.9. The van der Waals surface area contributed by atoms with Crippen molar-refractivity contribution in [2.24, 2.45) is 0 Å². The second kappa shape index (κ2) is 9.95. The maximum Gasteiger partial charge on any atom is 0.377 e. The van der Waals surface area contributed by atoms with Crippen LogP contribution < -0.4 is 10.1 Å². The molecular weight excluding hydrogens is 424 g/mol. The fraction of sp³-hybridized carbons (Fsp3) is 0.529. The zero-order valence-corrected chi connectivity index (χ0v) is 15.9. The zero-order chi connectivity index (χ0) is 23.3. The molecule has 1 aromatic rings. The summed E-state index contributed by atoms with van der Waals surface area (Å²) in [5.41, 5.74) is -0.299. The standard InChI is InChI=1S/C17H22N2O12/c20-6-11(23)14(25)15-13(18-12(24)7-21)10(22)5-17(31-15,16(26)27)30-9-3-1-8(2-4-9)19(28)29/h1-4,10-11,13-15,20-23,25H,5-7H2,(H,18,24)(H,26,27). The molecule has 0 aromatic heterocycles. The van der Waals surface area contributed by atoms with Crippen LogP contribution in [0.5, 0.6) is 5.75 Å². The number of aliphatic hydroxyl groups excluding tert-OH is 5. The summed E-state index contributed by atoms with van der Waals surface area (Å²) in [5, 5.41) is 71.3. The fourth-order valence-corrected chi connectivity index (χ4v) is 3.05. The summed E-state index contributed by atoms with van der Waals surface area (Å²) < 4.78 is 10.8. The first-order chi connectivity index (χ1) is 14.5. The summed E-state index contributed by atoms with van der Waals surface area (Å²) in [7, 11) is 0. The van der Waals surface area contributed by atoms with E-state index in [-0.39, 0.29) is 11.4 Å². The Morgan fingerprint density at radius 3 is 2.39 bits per heavy atom. The Hall–Kier alpha value is -2.88. The second-order valence-corrected chi connectivity index (χ2v) is 6.76. The molecule has 1 heterocycles. The largest absolute Gasteiger partial charge is 0.476 e. The predicted molar refractivity (Wildman–Crippen MR) is 97.7 cm³/mol. The molecule has 1 fully saturated rings. The van der Waals surface area contributed by atoms with Gasteiger partial charge in [-0.05, 0) is 12.1 Å². The van der Waals surface area contributed by atoms with Crippen molar-refractivity contribution in [3.05, 3.63) is 34.4 Å². The summed E-state index contributed by atoms with van der Waals surface area (Å²) in [4.78, 5) is 33.7. The van der Waals surface area contributed by atoms with Gasteiger partial charge in [0.1, 0.15) is 30.7 Å². The summed E-state index contributed by atoms with van der Waals surface area (Å²) in [6.07, 6.45) is -8.09. The van der Waals surface area contributed by atoms with Crippen LogP contribution in [0.1, 0.15) is 6.42 Å². The van der Waals surface area contributed by atoms with Crippen molar-refractivity contribution >= 4 is 17.6 Å². The van der Waals surface area contributed by atoms with Gasteiger partial charge in [-0.15, -0.1) is 0 Å². The molecule has 172 valence electrons. The van der Waals surface area contributed by atoms with E-state index in [0.717, 1.165) is 24.3 Å². The van der Waals surface area contributed by atoms with Crippen molar-refractivity contribution in [3.63, 3.8) is 0 Å². The second-order valence-electron chi connectivity index (χ2n) is 6.76. The van der Waals surface area contributed by atoms with E-state index in [0.29, 0.717) is 0 Å². The molecule has 14 heteroatoms. The first kappa shape index (κ1) is 24.4. The molecule has 2 rings (SSSR count). The first-order valence-corrected chi connectivity index (χ1v) is 8.94. The molecule has 0 saturated carbocycles. The lowest BCUT2D eigenvalue weighted by atomic mass is 9.88. The van der Waals surface area contributed by atoms with Crippen molar-refractivity contribution in [2.75, 3.05) is 13.2 Å². The molecule has 0 aliphatic carbocycles. The number of carbonyl (C=O) groups is 2. The lowest BCUT2D eigenvalue weighted by Gasteiger charge is -2.46. The number of amides is 1. The number of nitrogens with zero attached hydrogens (tertiary/aromatic N) is 1. The van der Waals surface area contributed by atoms with Crippen LogP contribution in [0.25, 0.3) is 0 Å². The Bertz CT molecular complexity index is 803. The molecule has 7 N–H and O–H groups in total. The number of carbonyl (C=O) groups excluding carboxylic acids is 1. The van der Waals surface area contributed by atoms with Gasteiger partial charge in [-0.2, -0.15) is 0 Å². The molecule has 1 amide bonds. The Morgan fingerprint density at radius 2 is 1.90 bits per heavy atom. The van der Waals surface area contributed by atoms with Crippen molar-refractivity contribution in [1.29, 1.82) is 0 Å². The van der Waals surface area contributed by atoms with Crippen LogP contribution in [-0.2, 0) is 14.3 Å². The Labute approximate surface area is 174 Å². The lowest BCUT2D eigenvalue weighted by molar-refractivity contribution is -0.384. The van der Waals surface area contributed by atoms with Crippen molar-refractivity contribution in [1.82, 2.24) is 5.32 Å². The van der Waals surface area contributed by atoms with E-state index in [9.17, 15) is 40.1 Å². The van der Waals surface area contributed by atoms with E-state index < -0.39 is 72.7 Å². The maximum absolute atomic E-state index is 12.0. The van der Waals surface area contributed by atoms with Gasteiger partial charge >= 0.3 is 11.8 Å². The number of non-ortho nitro benzene ring substituents is 1. The van der Waals surface area contributed by atoms with Gasteiger partial charge in [0, 0.05) is 12.1 Å². The molecule has 14 nitrogen and oxygen atoms in total. The fourth-order valence-electron chi connectivity index (χ4n) is 3.05. The molecule has 31 heavy (non-hydrogen) atoms. The van der Waals surface area contributed by atoms with Gasteiger partial charge in [-0.1, -0.05) is 0 Å². The quantitative estimate of drug-likeness (QED) is 0.150. The van der Waals surface area contributed by atoms with Gasteiger partial charge < -0.3 is 45.4 Å². The number of hydrogen-bond acceptors (Lipinski definition) is 11. The molecule has 1 aliphatic rings. The number of carboxylic acids is 1. The van der Waals surface area contributed by atoms with Crippen LogP contribution in [0.3, 0.4) is 0 Å². The molecular formula is C17H22N2O12. The Morgan fingerprint density at radius 1 is 1.29 bits per heavy atom. The monoisotopic (exact) mass is 446 g/mol. The van der Waals surface area contributed by atoms with Gasteiger partial charge in [-0.3, -0.25) is 14.9 Å². The number of hydrogen-bond donors (Lipinski definition) is 7. The van der Waals surface area contributed by atoms with E-state index >= 15 is 0 Å². The van der Waals surface area contributed by atoms with Crippen LogP contribution in [-0.4, -0.2) is 96.9 Å². The summed E-state index contributed by atoms with van der Waals surface area (Å²) in [5.74, 6) is -5.54. The van der Waals surface area contributed by atoms with E-state index in [1.807, 2.05) is 0 Å². The van der Waals surface area contributed by atoms with E-state index in [2.05, 4.69) is 5.32 Å². The highest BCUT2D eigenvalue weighted by molar-refractivity contribution is 5.78. The molecule has 1 aromatic carbocycles. The minimum Gasteiger partial charge on any atom is -0.476 e. The normalized spacial score (nSPS) is 27.7. The minimum atomic E-state index is -2.63. The molecule has 0 bridgehead atoms. The van der Waals surface area contributed by atoms with Gasteiger partial charge in [0.15, 0.2) is 0 Å². The van der Waals surface area contributed by atoms with Crippen LogP contribution in [0.2, 0.25) is 0 Å². The lowest BCUT2D eigenvalue weighted by Crippen LogP contribution is -2.69. The number of nitro groups is 1. The van der Waals surface area contributed by atoms with Crippen LogP contribution in [0.4, 0.5) is 5.69 Å². The van der Waals surface area contributed by atoms with E-state index in [1.165, 1.54) is 0 Å². The smallest absolute Gasteiger partial charge is 0.377 e. The Kier molecular flexibility index (Phi) is 7.83. The number of ether oxygens (including phenoxy) is 2. The molecule has 1 saturated heterocycles. The Balaban J connectivity index is 2.40. The summed E-state index contributed by atoms with van der Waals surface area (Å²) in [6, 6.07) is 2.77. The third-order valence-electron chi connectivity index (χ3n) is 4.62. The average molecular weight is 446 g/mol. The predicted octanol–water partition coefficient (Wildman–Crippen LogP) is -2.90. The third kappa shape index (κ3) is 5.43. The van der Waals surface area contributed by atoms with Gasteiger partial charge in [0.05, 0.1) is 30.1 Å².